The van der Waals surface area contributed by atoms with Gasteiger partial charge in [0.1, 0.15) is 0 Å². The molecule has 1 aliphatic rings. The van der Waals surface area contributed by atoms with Crippen LogP contribution < -0.4 is 11.1 Å². The number of hydrogen-bond donors (Lipinski definition) is 1. The van der Waals surface area contributed by atoms with Crippen molar-refractivity contribution in [1.29, 1.82) is 0 Å². The van der Waals surface area contributed by atoms with Crippen LogP contribution in [0.2, 0.25) is 0 Å². The molecular formula is C19H19N3O3S. The molecule has 0 spiro atoms. The van der Waals surface area contributed by atoms with E-state index in [2.05, 4.69) is 10.4 Å². The summed E-state index contributed by atoms with van der Waals surface area (Å²) in [4.78, 5) is 25.6. The lowest BCUT2D eigenvalue weighted by Gasteiger charge is -2.19. The first-order valence-corrected chi connectivity index (χ1v) is 9.45. The summed E-state index contributed by atoms with van der Waals surface area (Å²) in [7, 11) is 0. The van der Waals surface area contributed by atoms with Gasteiger partial charge in [-0.1, -0.05) is 36.4 Å². The highest BCUT2D eigenvalue weighted by molar-refractivity contribution is 7.13. The van der Waals surface area contributed by atoms with E-state index in [1.165, 1.54) is 16.0 Å². The number of carbonyl (C=O) groups excluding carboxylic acids is 1. The molecule has 26 heavy (non-hydrogen) atoms. The molecule has 3 aromatic rings. The molecule has 2 aromatic heterocycles. The second-order valence-corrected chi connectivity index (χ2v) is 7.60. The van der Waals surface area contributed by atoms with Gasteiger partial charge in [-0.3, -0.25) is 4.79 Å². The number of rotatable bonds is 6. The number of hydrogen-bond acceptors (Lipinski definition) is 5. The molecule has 1 aliphatic carbocycles. The van der Waals surface area contributed by atoms with E-state index in [4.69, 9.17) is 4.42 Å². The number of benzene rings is 1. The average molecular weight is 369 g/mol. The Morgan fingerprint density at radius 2 is 2.08 bits per heavy atom. The van der Waals surface area contributed by atoms with E-state index in [0.717, 1.165) is 23.3 Å². The van der Waals surface area contributed by atoms with Crippen molar-refractivity contribution in [1.82, 2.24) is 15.1 Å². The Labute approximate surface area is 154 Å². The first kappa shape index (κ1) is 16.8. The van der Waals surface area contributed by atoms with Crippen LogP contribution in [0.4, 0.5) is 0 Å². The molecule has 1 fully saturated rings. The van der Waals surface area contributed by atoms with E-state index >= 15 is 0 Å². The van der Waals surface area contributed by atoms with E-state index < -0.39 is 11.2 Å². The van der Waals surface area contributed by atoms with E-state index in [1.54, 1.807) is 0 Å². The second-order valence-electron chi connectivity index (χ2n) is 6.66. The third kappa shape index (κ3) is 3.10. The summed E-state index contributed by atoms with van der Waals surface area (Å²) < 4.78 is 6.47. The van der Waals surface area contributed by atoms with E-state index in [1.807, 2.05) is 54.8 Å². The number of thiophene rings is 1. The maximum atomic E-state index is 12.8. The van der Waals surface area contributed by atoms with Crippen molar-refractivity contribution in [3.8, 4) is 10.8 Å². The molecule has 1 saturated carbocycles. The van der Waals surface area contributed by atoms with Crippen molar-refractivity contribution in [2.24, 2.45) is 0 Å². The molecule has 1 amide bonds. The Morgan fingerprint density at radius 1 is 1.31 bits per heavy atom. The summed E-state index contributed by atoms with van der Waals surface area (Å²) in [5.41, 5.74) is 0.621. The smallest absolute Gasteiger partial charge is 0.387 e. The van der Waals surface area contributed by atoms with Gasteiger partial charge in [0.05, 0.1) is 16.8 Å². The standard InChI is InChI=1S/C19H19N3O3S/c1-13(12-22-18(24)25-16(21-22)15-8-5-11-26-15)20-17(23)19(9-10-19)14-6-3-2-4-7-14/h2-8,11,13H,9-10,12H2,1H3,(H,20,23)/t13-/m1/s1. The summed E-state index contributed by atoms with van der Waals surface area (Å²) in [5, 5.41) is 9.15. The van der Waals surface area contributed by atoms with Crippen LogP contribution >= 0.6 is 11.3 Å². The average Bonchev–Trinajstić information content (AvgIpc) is 3.12. The minimum absolute atomic E-state index is 0.00576. The van der Waals surface area contributed by atoms with Crippen molar-refractivity contribution < 1.29 is 9.21 Å². The van der Waals surface area contributed by atoms with E-state index in [9.17, 15) is 9.59 Å². The van der Waals surface area contributed by atoms with Gasteiger partial charge < -0.3 is 9.73 Å². The topological polar surface area (TPSA) is 77.1 Å². The molecule has 1 atom stereocenters. The van der Waals surface area contributed by atoms with Crippen LogP contribution in [0.3, 0.4) is 0 Å². The van der Waals surface area contributed by atoms with E-state index in [-0.39, 0.29) is 18.5 Å². The van der Waals surface area contributed by atoms with Gasteiger partial charge in [0.25, 0.3) is 5.89 Å². The van der Waals surface area contributed by atoms with Crippen LogP contribution in [0.25, 0.3) is 10.8 Å². The number of amides is 1. The minimum atomic E-state index is -0.515. The van der Waals surface area contributed by atoms with Gasteiger partial charge in [0.2, 0.25) is 5.91 Å². The molecule has 0 aliphatic heterocycles. The molecule has 0 saturated heterocycles. The Bertz CT molecular complexity index is 956. The Kier molecular flexibility index (Phi) is 4.24. The lowest BCUT2D eigenvalue weighted by Crippen LogP contribution is -2.43. The van der Waals surface area contributed by atoms with Crippen molar-refractivity contribution in [3.63, 3.8) is 0 Å². The normalized spacial score (nSPS) is 16.2. The van der Waals surface area contributed by atoms with Gasteiger partial charge in [-0.05, 0) is 36.8 Å². The van der Waals surface area contributed by atoms with Crippen molar-refractivity contribution >= 4 is 17.2 Å². The molecule has 0 radical (unpaired) electrons. The first-order chi connectivity index (χ1) is 12.6. The van der Waals surface area contributed by atoms with Crippen LogP contribution in [0.15, 0.2) is 57.1 Å². The third-order valence-electron chi connectivity index (χ3n) is 4.67. The second kappa shape index (κ2) is 6.57. The van der Waals surface area contributed by atoms with Crippen LogP contribution in [0, 0.1) is 0 Å². The van der Waals surface area contributed by atoms with Crippen molar-refractivity contribution in [2.75, 3.05) is 0 Å². The third-order valence-corrected chi connectivity index (χ3v) is 5.53. The number of carbonyl (C=O) groups is 1. The number of aromatic nitrogens is 2. The maximum Gasteiger partial charge on any atom is 0.437 e. The molecule has 134 valence electrons. The van der Waals surface area contributed by atoms with E-state index in [0.29, 0.717) is 5.89 Å². The quantitative estimate of drug-likeness (QED) is 0.725. The molecule has 6 nitrogen and oxygen atoms in total. The number of nitrogens with zero attached hydrogens (tertiary/aromatic N) is 2. The maximum absolute atomic E-state index is 12.8. The molecule has 7 heteroatoms. The molecular weight excluding hydrogens is 350 g/mol. The van der Waals surface area contributed by atoms with Crippen LogP contribution in [-0.2, 0) is 16.8 Å². The van der Waals surface area contributed by atoms with Gasteiger partial charge >= 0.3 is 5.76 Å². The monoisotopic (exact) mass is 369 g/mol. The zero-order valence-electron chi connectivity index (χ0n) is 14.3. The zero-order valence-corrected chi connectivity index (χ0v) is 15.2. The summed E-state index contributed by atoms with van der Waals surface area (Å²) in [6.07, 6.45) is 1.70. The first-order valence-electron chi connectivity index (χ1n) is 8.57. The molecule has 1 N–H and O–H groups in total. The fraction of sp³-hybridized carbons (Fsp3) is 0.316. The predicted molar refractivity (Wildman–Crippen MR) is 99.0 cm³/mol. The summed E-state index contributed by atoms with van der Waals surface area (Å²) >= 11 is 1.46. The fourth-order valence-electron chi connectivity index (χ4n) is 3.12. The molecule has 4 rings (SSSR count). The predicted octanol–water partition coefficient (Wildman–Crippen LogP) is 2.80. The minimum Gasteiger partial charge on any atom is -0.387 e. The van der Waals surface area contributed by atoms with Gasteiger partial charge in [0, 0.05) is 6.04 Å². The highest BCUT2D eigenvalue weighted by atomic mass is 32.1. The Hall–Kier alpha value is -2.67. The van der Waals surface area contributed by atoms with Crippen LogP contribution in [0.5, 0.6) is 0 Å². The summed E-state index contributed by atoms with van der Waals surface area (Å²) in [5.74, 6) is -0.198. The highest BCUT2D eigenvalue weighted by Gasteiger charge is 2.51. The Morgan fingerprint density at radius 3 is 2.73 bits per heavy atom. The fourth-order valence-corrected chi connectivity index (χ4v) is 3.76. The van der Waals surface area contributed by atoms with Crippen LogP contribution in [0.1, 0.15) is 25.3 Å². The van der Waals surface area contributed by atoms with Crippen molar-refractivity contribution in [2.45, 2.75) is 37.8 Å². The summed E-state index contributed by atoms with van der Waals surface area (Å²) in [6, 6.07) is 13.3. The molecule has 0 bridgehead atoms. The Balaban J connectivity index is 1.44. The highest BCUT2D eigenvalue weighted by Crippen LogP contribution is 2.48. The van der Waals surface area contributed by atoms with Gasteiger partial charge in [-0.25, -0.2) is 4.79 Å². The SMILES string of the molecule is C[C@H](Cn1nc(-c2cccs2)oc1=O)NC(=O)C1(c2ccccc2)CC1. The molecule has 1 aromatic carbocycles. The van der Waals surface area contributed by atoms with Gasteiger partial charge in [-0.15, -0.1) is 16.4 Å². The zero-order chi connectivity index (χ0) is 18.1. The van der Waals surface area contributed by atoms with Gasteiger partial charge in [0.15, 0.2) is 0 Å². The lowest BCUT2D eigenvalue weighted by molar-refractivity contribution is -0.124. The number of nitrogens with one attached hydrogen (secondary N) is 1. The van der Waals surface area contributed by atoms with Gasteiger partial charge in [-0.2, -0.15) is 4.68 Å². The largest absolute Gasteiger partial charge is 0.437 e. The molecule has 0 unspecified atom stereocenters. The van der Waals surface area contributed by atoms with Crippen LogP contribution in [-0.4, -0.2) is 21.7 Å². The van der Waals surface area contributed by atoms with Crippen molar-refractivity contribution in [3.05, 3.63) is 64.0 Å². The molecule has 2 heterocycles. The summed E-state index contributed by atoms with van der Waals surface area (Å²) in [6.45, 7) is 2.13. The lowest BCUT2D eigenvalue weighted by atomic mass is 9.95.